The summed E-state index contributed by atoms with van der Waals surface area (Å²) in [6, 6.07) is 3.32. The third-order valence-electron chi connectivity index (χ3n) is 1.63. The van der Waals surface area contributed by atoms with Crippen molar-refractivity contribution in [2.24, 2.45) is 0 Å². The van der Waals surface area contributed by atoms with Crippen LogP contribution in [0.1, 0.15) is 5.56 Å². The Morgan fingerprint density at radius 3 is 2.38 bits per heavy atom. The first-order valence-corrected chi connectivity index (χ1v) is 4.58. The predicted octanol–water partition coefficient (Wildman–Crippen LogP) is 2.76. The highest BCUT2D eigenvalue weighted by molar-refractivity contribution is 6.43. The molecular formula is C9H11Cl2NO. The molecule has 0 aromatic heterocycles. The predicted molar refractivity (Wildman–Crippen MR) is 55.5 cm³/mol. The summed E-state index contributed by atoms with van der Waals surface area (Å²) in [7, 11) is 3.88. The van der Waals surface area contributed by atoms with Gasteiger partial charge in [0.1, 0.15) is 10.8 Å². The number of halogens is 2. The van der Waals surface area contributed by atoms with Gasteiger partial charge in [0.05, 0.1) is 5.02 Å². The minimum Gasteiger partial charge on any atom is -0.506 e. The van der Waals surface area contributed by atoms with E-state index in [0.29, 0.717) is 11.6 Å². The van der Waals surface area contributed by atoms with Crippen molar-refractivity contribution < 1.29 is 5.11 Å². The summed E-state index contributed by atoms with van der Waals surface area (Å²) in [5.41, 5.74) is 0.912. The number of nitrogens with zero attached hydrogens (tertiary/aromatic N) is 1. The van der Waals surface area contributed by atoms with E-state index in [1.54, 1.807) is 12.1 Å². The Morgan fingerprint density at radius 1 is 1.23 bits per heavy atom. The molecule has 1 aromatic rings. The monoisotopic (exact) mass is 219 g/mol. The summed E-state index contributed by atoms with van der Waals surface area (Å²) in [6.45, 7) is 0.707. The van der Waals surface area contributed by atoms with Gasteiger partial charge in [-0.3, -0.25) is 0 Å². The molecule has 0 spiro atoms. The van der Waals surface area contributed by atoms with Crippen LogP contribution in [0.3, 0.4) is 0 Å². The van der Waals surface area contributed by atoms with Gasteiger partial charge in [-0.25, -0.2) is 0 Å². The normalized spacial score (nSPS) is 10.8. The summed E-state index contributed by atoms with van der Waals surface area (Å²) >= 11 is 11.7. The highest BCUT2D eigenvalue weighted by Crippen LogP contribution is 2.33. The second-order valence-electron chi connectivity index (χ2n) is 3.11. The van der Waals surface area contributed by atoms with Crippen molar-refractivity contribution in [1.82, 2.24) is 4.90 Å². The Hall–Kier alpha value is -0.440. The van der Waals surface area contributed by atoms with Crippen LogP contribution < -0.4 is 0 Å². The van der Waals surface area contributed by atoms with Crippen molar-refractivity contribution in [1.29, 1.82) is 0 Å². The highest BCUT2D eigenvalue weighted by Gasteiger charge is 2.09. The number of hydrogen-bond acceptors (Lipinski definition) is 2. The molecule has 0 saturated carbocycles. The number of aromatic hydroxyl groups is 1. The number of hydrogen-bond donors (Lipinski definition) is 1. The number of rotatable bonds is 2. The maximum atomic E-state index is 9.23. The fourth-order valence-electron chi connectivity index (χ4n) is 1.04. The zero-order valence-electron chi connectivity index (χ0n) is 7.51. The largest absolute Gasteiger partial charge is 0.506 e. The Kier molecular flexibility index (Phi) is 3.42. The van der Waals surface area contributed by atoms with Crippen molar-refractivity contribution in [3.8, 4) is 5.75 Å². The Morgan fingerprint density at radius 2 is 1.85 bits per heavy atom. The van der Waals surface area contributed by atoms with E-state index in [9.17, 15) is 5.11 Å². The van der Waals surface area contributed by atoms with Gasteiger partial charge in [0, 0.05) is 6.54 Å². The molecule has 1 N–H and O–H groups in total. The first kappa shape index (κ1) is 10.6. The molecular weight excluding hydrogens is 209 g/mol. The molecule has 1 aromatic carbocycles. The van der Waals surface area contributed by atoms with E-state index in [-0.39, 0.29) is 10.8 Å². The summed E-state index contributed by atoms with van der Waals surface area (Å²) in [5, 5.41) is 9.88. The van der Waals surface area contributed by atoms with Crippen LogP contribution >= 0.6 is 23.2 Å². The lowest BCUT2D eigenvalue weighted by Crippen LogP contribution is -2.10. The zero-order chi connectivity index (χ0) is 10.0. The molecule has 0 bridgehead atoms. The lowest BCUT2D eigenvalue weighted by Gasteiger charge is -2.12. The molecule has 0 saturated heterocycles. The van der Waals surface area contributed by atoms with Crippen LogP contribution in [-0.2, 0) is 6.54 Å². The molecule has 0 unspecified atom stereocenters. The van der Waals surface area contributed by atoms with Crippen LogP contribution in [-0.4, -0.2) is 24.1 Å². The Balaban J connectivity index is 3.04. The van der Waals surface area contributed by atoms with Gasteiger partial charge in [-0.1, -0.05) is 29.3 Å². The van der Waals surface area contributed by atoms with Crippen LogP contribution in [0, 0.1) is 0 Å². The molecule has 0 amide bonds. The molecule has 1 rings (SSSR count). The van der Waals surface area contributed by atoms with Gasteiger partial charge in [0.15, 0.2) is 0 Å². The van der Waals surface area contributed by atoms with Crippen LogP contribution in [0.15, 0.2) is 12.1 Å². The number of phenols is 1. The van der Waals surface area contributed by atoms with E-state index in [1.807, 2.05) is 19.0 Å². The molecule has 0 aliphatic rings. The maximum Gasteiger partial charge on any atom is 0.135 e. The van der Waals surface area contributed by atoms with Gasteiger partial charge in [-0.2, -0.15) is 0 Å². The SMILES string of the molecule is CN(C)Cc1ccc(O)c(Cl)c1Cl. The van der Waals surface area contributed by atoms with E-state index < -0.39 is 0 Å². The number of benzene rings is 1. The van der Waals surface area contributed by atoms with E-state index in [1.165, 1.54) is 0 Å². The third-order valence-corrected chi connectivity index (χ3v) is 2.54. The molecule has 0 radical (unpaired) electrons. The van der Waals surface area contributed by atoms with Gasteiger partial charge in [0.2, 0.25) is 0 Å². The smallest absolute Gasteiger partial charge is 0.135 e. The summed E-state index contributed by atoms with van der Waals surface area (Å²) in [4.78, 5) is 1.98. The molecule has 0 fully saturated rings. The van der Waals surface area contributed by atoms with Gasteiger partial charge in [-0.15, -0.1) is 0 Å². The molecule has 0 aliphatic carbocycles. The molecule has 0 atom stereocenters. The highest BCUT2D eigenvalue weighted by atomic mass is 35.5. The van der Waals surface area contributed by atoms with Crippen molar-refractivity contribution in [2.75, 3.05) is 14.1 Å². The quantitative estimate of drug-likeness (QED) is 0.828. The molecule has 0 aliphatic heterocycles. The fraction of sp³-hybridized carbons (Fsp3) is 0.333. The van der Waals surface area contributed by atoms with Gasteiger partial charge in [-0.05, 0) is 25.7 Å². The average molecular weight is 220 g/mol. The van der Waals surface area contributed by atoms with Crippen molar-refractivity contribution in [3.63, 3.8) is 0 Å². The molecule has 0 heterocycles. The Bertz CT molecular complexity index is 313. The first-order chi connectivity index (χ1) is 6.02. The van der Waals surface area contributed by atoms with Crippen LogP contribution in [0.5, 0.6) is 5.75 Å². The zero-order valence-corrected chi connectivity index (χ0v) is 9.02. The second kappa shape index (κ2) is 4.18. The average Bonchev–Trinajstić information content (AvgIpc) is 2.06. The van der Waals surface area contributed by atoms with E-state index in [0.717, 1.165) is 5.56 Å². The molecule has 72 valence electrons. The third kappa shape index (κ3) is 2.50. The fourth-order valence-corrected chi connectivity index (χ4v) is 1.45. The van der Waals surface area contributed by atoms with E-state index in [4.69, 9.17) is 23.2 Å². The second-order valence-corrected chi connectivity index (χ2v) is 3.87. The topological polar surface area (TPSA) is 23.5 Å². The van der Waals surface area contributed by atoms with Crippen molar-refractivity contribution in [3.05, 3.63) is 27.7 Å². The van der Waals surface area contributed by atoms with Crippen molar-refractivity contribution >= 4 is 23.2 Å². The maximum absolute atomic E-state index is 9.23. The summed E-state index contributed by atoms with van der Waals surface area (Å²) < 4.78 is 0. The van der Waals surface area contributed by atoms with E-state index >= 15 is 0 Å². The van der Waals surface area contributed by atoms with E-state index in [2.05, 4.69) is 0 Å². The van der Waals surface area contributed by atoms with Gasteiger partial charge >= 0.3 is 0 Å². The first-order valence-electron chi connectivity index (χ1n) is 3.83. The molecule has 13 heavy (non-hydrogen) atoms. The van der Waals surface area contributed by atoms with Crippen LogP contribution in [0.25, 0.3) is 0 Å². The standard InChI is InChI=1S/C9H11Cl2NO/c1-12(2)5-6-3-4-7(13)9(11)8(6)10/h3-4,13H,5H2,1-2H3. The van der Waals surface area contributed by atoms with Crippen molar-refractivity contribution in [2.45, 2.75) is 6.54 Å². The minimum atomic E-state index is 0.0224. The molecule has 2 nitrogen and oxygen atoms in total. The van der Waals surface area contributed by atoms with Gasteiger partial charge in [0.25, 0.3) is 0 Å². The Labute approximate surface area is 87.7 Å². The number of phenolic OH excluding ortho intramolecular Hbond substituents is 1. The lowest BCUT2D eigenvalue weighted by atomic mass is 10.2. The van der Waals surface area contributed by atoms with Crippen LogP contribution in [0.4, 0.5) is 0 Å². The molecule has 4 heteroatoms. The summed E-state index contributed by atoms with van der Waals surface area (Å²) in [5.74, 6) is 0.0224. The minimum absolute atomic E-state index is 0.0224. The van der Waals surface area contributed by atoms with Gasteiger partial charge < -0.3 is 10.0 Å². The van der Waals surface area contributed by atoms with Crippen LogP contribution in [0.2, 0.25) is 10.0 Å². The summed E-state index contributed by atoms with van der Waals surface area (Å²) in [6.07, 6.45) is 0. The lowest BCUT2D eigenvalue weighted by molar-refractivity contribution is 0.402.